The van der Waals surface area contributed by atoms with E-state index < -0.39 is 0 Å². The summed E-state index contributed by atoms with van der Waals surface area (Å²) in [6, 6.07) is 14.5. The van der Waals surface area contributed by atoms with E-state index in [0.717, 1.165) is 53.8 Å². The van der Waals surface area contributed by atoms with Gasteiger partial charge in [-0.1, -0.05) is 35.6 Å². The van der Waals surface area contributed by atoms with Crippen molar-refractivity contribution < 1.29 is 4.79 Å². The highest BCUT2D eigenvalue weighted by Crippen LogP contribution is 2.41. The predicted octanol–water partition coefficient (Wildman–Crippen LogP) is 3.92. The molecule has 0 bridgehead atoms. The van der Waals surface area contributed by atoms with E-state index >= 15 is 0 Å². The van der Waals surface area contributed by atoms with Crippen molar-refractivity contribution in [3.8, 4) is 0 Å². The van der Waals surface area contributed by atoms with Crippen LogP contribution in [0.5, 0.6) is 0 Å². The molecule has 0 radical (unpaired) electrons. The Balaban J connectivity index is 1.49. The number of carbonyl (C=O) groups is 1. The molecule has 26 heavy (non-hydrogen) atoms. The van der Waals surface area contributed by atoms with Gasteiger partial charge in [0.2, 0.25) is 0 Å². The van der Waals surface area contributed by atoms with Crippen molar-refractivity contribution in [3.63, 3.8) is 0 Å². The van der Waals surface area contributed by atoms with Crippen LogP contribution in [0.2, 0.25) is 0 Å². The van der Waals surface area contributed by atoms with Crippen LogP contribution in [-0.4, -0.2) is 28.4 Å². The van der Waals surface area contributed by atoms with Crippen molar-refractivity contribution >= 4 is 27.5 Å². The van der Waals surface area contributed by atoms with Crippen LogP contribution in [0.3, 0.4) is 0 Å². The van der Waals surface area contributed by atoms with Crippen LogP contribution < -0.4 is 4.87 Å². The number of nitrogens with one attached hydrogen (secondary N) is 1. The molecule has 2 aromatic carbocycles. The number of benzene rings is 2. The maximum absolute atomic E-state index is 13.3. The number of hydrogen-bond acceptors (Lipinski definition) is 3. The molecule has 2 aliphatic rings. The topological polar surface area (TPSA) is 53.2 Å². The average Bonchev–Trinajstić information content (AvgIpc) is 3.06. The van der Waals surface area contributed by atoms with Gasteiger partial charge in [-0.15, -0.1) is 0 Å². The first kappa shape index (κ1) is 15.8. The Hall–Kier alpha value is -2.40. The quantitative estimate of drug-likeness (QED) is 0.711. The normalized spacial score (nSPS) is 22.1. The van der Waals surface area contributed by atoms with Gasteiger partial charge in [0.1, 0.15) is 0 Å². The number of aromatic nitrogens is 1. The van der Waals surface area contributed by atoms with Crippen molar-refractivity contribution in [2.45, 2.75) is 37.6 Å². The highest BCUT2D eigenvalue weighted by molar-refractivity contribution is 7.16. The summed E-state index contributed by atoms with van der Waals surface area (Å²) < 4.78 is 0.850. The summed E-state index contributed by atoms with van der Waals surface area (Å²) in [6.45, 7) is 0.823. The Morgan fingerprint density at radius 2 is 2.04 bits per heavy atom. The van der Waals surface area contributed by atoms with Crippen LogP contribution in [0, 0.1) is 0 Å². The summed E-state index contributed by atoms with van der Waals surface area (Å²) in [5.74, 6) is 0.548. The average molecular weight is 364 g/mol. The van der Waals surface area contributed by atoms with Crippen molar-refractivity contribution in [1.29, 1.82) is 0 Å². The lowest BCUT2D eigenvalue weighted by Crippen LogP contribution is -2.49. The molecule has 2 atom stereocenters. The summed E-state index contributed by atoms with van der Waals surface area (Å²) in [6.07, 6.45) is 4.28. The molecule has 0 unspecified atom stereocenters. The number of aromatic amines is 1. The summed E-state index contributed by atoms with van der Waals surface area (Å²) in [5.41, 5.74) is 4.37. The van der Waals surface area contributed by atoms with Crippen LogP contribution in [-0.2, 0) is 6.42 Å². The molecule has 1 saturated heterocycles. The van der Waals surface area contributed by atoms with E-state index in [4.69, 9.17) is 0 Å². The van der Waals surface area contributed by atoms with Gasteiger partial charge in [-0.25, -0.2) is 0 Å². The number of piperidine rings is 1. The van der Waals surface area contributed by atoms with E-state index in [1.165, 1.54) is 11.1 Å². The second-order valence-electron chi connectivity index (χ2n) is 7.28. The van der Waals surface area contributed by atoms with E-state index in [9.17, 15) is 9.59 Å². The Morgan fingerprint density at radius 1 is 1.15 bits per heavy atom. The third kappa shape index (κ3) is 2.50. The minimum absolute atomic E-state index is 0.0773. The van der Waals surface area contributed by atoms with Crippen LogP contribution in [0.15, 0.2) is 47.3 Å². The number of thiazole rings is 1. The van der Waals surface area contributed by atoms with E-state index in [1.54, 1.807) is 0 Å². The Morgan fingerprint density at radius 3 is 2.96 bits per heavy atom. The van der Waals surface area contributed by atoms with E-state index in [1.807, 2.05) is 18.2 Å². The van der Waals surface area contributed by atoms with Gasteiger partial charge >= 0.3 is 4.87 Å². The molecule has 0 spiro atoms. The fraction of sp³-hybridized carbons (Fsp3) is 0.333. The third-order valence-electron chi connectivity index (χ3n) is 5.87. The number of nitrogens with zero attached hydrogens (tertiary/aromatic N) is 1. The molecule has 5 heteroatoms. The molecule has 1 amide bonds. The van der Waals surface area contributed by atoms with E-state index in [-0.39, 0.29) is 16.8 Å². The molecule has 5 rings (SSSR count). The molecular weight excluding hydrogens is 344 g/mol. The summed E-state index contributed by atoms with van der Waals surface area (Å²) in [4.78, 5) is 29.6. The minimum atomic E-state index is -0.0773. The van der Waals surface area contributed by atoms with Gasteiger partial charge in [0.25, 0.3) is 5.91 Å². The Labute approximate surface area is 155 Å². The van der Waals surface area contributed by atoms with E-state index in [0.29, 0.717) is 11.5 Å². The molecule has 0 saturated carbocycles. The molecule has 2 heterocycles. The highest BCUT2D eigenvalue weighted by atomic mass is 32.1. The molecule has 1 aliphatic carbocycles. The van der Waals surface area contributed by atoms with Gasteiger partial charge in [-0.2, -0.15) is 0 Å². The Kier molecular flexibility index (Phi) is 3.71. The summed E-state index contributed by atoms with van der Waals surface area (Å²) in [5, 5.41) is 0. The SMILES string of the molecule is O=C(c1ccc2[nH]c(=O)sc2c1)N1CCC[C@@H]2c3ccccc3CC[C@@H]21. The van der Waals surface area contributed by atoms with Gasteiger partial charge in [-0.05, 0) is 55.0 Å². The third-order valence-corrected chi connectivity index (χ3v) is 6.72. The molecule has 3 aromatic rings. The minimum Gasteiger partial charge on any atom is -0.335 e. The van der Waals surface area contributed by atoms with Crippen LogP contribution in [0.1, 0.15) is 46.7 Å². The fourth-order valence-corrected chi connectivity index (χ4v) is 5.48. The number of fused-ring (bicyclic) bond motifs is 4. The lowest BCUT2D eigenvalue weighted by Gasteiger charge is -2.45. The summed E-state index contributed by atoms with van der Waals surface area (Å²) >= 11 is 1.16. The zero-order valence-electron chi connectivity index (χ0n) is 14.4. The highest BCUT2D eigenvalue weighted by Gasteiger charge is 2.38. The van der Waals surface area contributed by atoms with Crippen molar-refractivity contribution in [2.75, 3.05) is 6.54 Å². The zero-order chi connectivity index (χ0) is 17.7. The van der Waals surface area contributed by atoms with Crippen molar-refractivity contribution in [1.82, 2.24) is 9.88 Å². The predicted molar refractivity (Wildman–Crippen MR) is 104 cm³/mol. The summed E-state index contributed by atoms with van der Waals surface area (Å²) in [7, 11) is 0. The van der Waals surface area contributed by atoms with Crippen molar-refractivity contribution in [3.05, 3.63) is 68.8 Å². The van der Waals surface area contributed by atoms with Gasteiger partial charge in [0.05, 0.1) is 10.2 Å². The first-order chi connectivity index (χ1) is 12.7. The zero-order valence-corrected chi connectivity index (χ0v) is 15.2. The van der Waals surface area contributed by atoms with E-state index in [2.05, 4.69) is 34.1 Å². The van der Waals surface area contributed by atoms with Gasteiger partial charge < -0.3 is 9.88 Å². The number of amides is 1. The lowest BCUT2D eigenvalue weighted by atomic mass is 9.74. The first-order valence-electron chi connectivity index (χ1n) is 9.22. The monoisotopic (exact) mass is 364 g/mol. The molecule has 1 aliphatic heterocycles. The van der Waals surface area contributed by atoms with Crippen LogP contribution in [0.25, 0.3) is 10.2 Å². The molecule has 1 fully saturated rings. The molecule has 132 valence electrons. The number of hydrogen-bond donors (Lipinski definition) is 1. The number of carbonyl (C=O) groups excluding carboxylic acids is 1. The maximum Gasteiger partial charge on any atom is 0.305 e. The fourth-order valence-electron chi connectivity index (χ4n) is 4.70. The lowest BCUT2D eigenvalue weighted by molar-refractivity contribution is 0.0547. The van der Waals surface area contributed by atoms with Gasteiger partial charge in [-0.3, -0.25) is 9.59 Å². The first-order valence-corrected chi connectivity index (χ1v) is 10.0. The van der Waals surface area contributed by atoms with Gasteiger partial charge in [0, 0.05) is 24.1 Å². The number of H-pyrrole nitrogens is 1. The van der Waals surface area contributed by atoms with Crippen molar-refractivity contribution in [2.24, 2.45) is 0 Å². The second-order valence-corrected chi connectivity index (χ2v) is 8.29. The number of aryl methyl sites for hydroxylation is 1. The largest absolute Gasteiger partial charge is 0.335 e. The van der Waals surface area contributed by atoms with Crippen LogP contribution >= 0.6 is 11.3 Å². The maximum atomic E-state index is 13.3. The Bertz CT molecular complexity index is 1050. The standard InChI is InChI=1S/C21H20N2O2S/c24-20(14-7-9-17-19(12-14)26-21(25)22-17)23-11-3-6-16-15-5-2-1-4-13(15)8-10-18(16)23/h1-2,4-5,7,9,12,16,18H,3,6,8,10-11H2,(H,22,25)/t16-,18+/m1/s1. The molecular formula is C21H20N2O2S. The second kappa shape index (κ2) is 6.09. The smallest absolute Gasteiger partial charge is 0.305 e. The number of rotatable bonds is 1. The van der Waals surface area contributed by atoms with Gasteiger partial charge in [0.15, 0.2) is 0 Å². The van der Waals surface area contributed by atoms with Crippen LogP contribution in [0.4, 0.5) is 0 Å². The molecule has 4 nitrogen and oxygen atoms in total. The molecule has 1 aromatic heterocycles. The molecule has 1 N–H and O–H groups in total. The number of likely N-dealkylation sites (tertiary alicyclic amines) is 1.